The van der Waals surface area contributed by atoms with Crippen LogP contribution in [0.15, 0.2) is 28.6 Å². The summed E-state index contributed by atoms with van der Waals surface area (Å²) in [4.78, 5) is 23.3. The van der Waals surface area contributed by atoms with Gasteiger partial charge in [-0.25, -0.2) is 0 Å². The Morgan fingerprint density at radius 1 is 1.26 bits per heavy atom. The number of carbonyl (C=O) groups excluding carboxylic acids is 2. The molecule has 0 aliphatic heterocycles. The minimum atomic E-state index is -0.526. The molecule has 1 amide bonds. The summed E-state index contributed by atoms with van der Waals surface area (Å²) < 4.78 is 6.08. The smallest absolute Gasteiger partial charge is 0.221 e. The van der Waals surface area contributed by atoms with Gasteiger partial charge in [0.05, 0.1) is 12.8 Å². The zero-order valence-electron chi connectivity index (χ0n) is 15.9. The SMILES string of the molecule is COc1ccccc1Nc1nnc(SCCC(=O)NC(C)(C)CC(C)=O)s1. The Kier molecular flexibility index (Phi) is 7.61. The van der Waals surface area contributed by atoms with Crippen LogP contribution in [0.4, 0.5) is 10.8 Å². The molecule has 0 atom stereocenters. The molecular weight excluding hydrogens is 384 g/mol. The van der Waals surface area contributed by atoms with Crippen molar-refractivity contribution in [1.82, 2.24) is 15.5 Å². The van der Waals surface area contributed by atoms with Crippen LogP contribution in [-0.2, 0) is 9.59 Å². The fourth-order valence-corrected chi connectivity index (χ4v) is 4.29. The summed E-state index contributed by atoms with van der Waals surface area (Å²) in [5.74, 6) is 1.29. The summed E-state index contributed by atoms with van der Waals surface area (Å²) in [5.41, 5.74) is 0.294. The fourth-order valence-electron chi connectivity index (χ4n) is 2.52. The molecule has 0 saturated heterocycles. The second-order valence-corrected chi connectivity index (χ2v) is 8.93. The predicted molar refractivity (Wildman–Crippen MR) is 109 cm³/mol. The molecule has 1 heterocycles. The van der Waals surface area contributed by atoms with E-state index in [1.807, 2.05) is 38.1 Å². The number of nitrogens with zero attached hydrogens (tertiary/aromatic N) is 2. The third-order valence-corrected chi connectivity index (χ3v) is 5.45. The Morgan fingerprint density at radius 2 is 2.00 bits per heavy atom. The van der Waals surface area contributed by atoms with Gasteiger partial charge in [-0.3, -0.25) is 9.59 Å². The van der Waals surface area contributed by atoms with E-state index in [0.717, 1.165) is 15.8 Å². The van der Waals surface area contributed by atoms with Crippen LogP contribution in [0, 0.1) is 0 Å². The van der Waals surface area contributed by atoms with E-state index in [4.69, 9.17) is 4.74 Å². The van der Waals surface area contributed by atoms with Crippen molar-refractivity contribution in [1.29, 1.82) is 0 Å². The van der Waals surface area contributed by atoms with Gasteiger partial charge in [-0.05, 0) is 32.9 Å². The van der Waals surface area contributed by atoms with Crippen LogP contribution in [-0.4, -0.2) is 40.3 Å². The van der Waals surface area contributed by atoms with Gasteiger partial charge in [0.25, 0.3) is 0 Å². The lowest BCUT2D eigenvalue weighted by atomic mass is 9.98. The van der Waals surface area contributed by atoms with Crippen molar-refractivity contribution in [2.24, 2.45) is 0 Å². The maximum Gasteiger partial charge on any atom is 0.221 e. The molecule has 2 aromatic rings. The lowest BCUT2D eigenvalue weighted by Crippen LogP contribution is -2.44. The van der Waals surface area contributed by atoms with Gasteiger partial charge in [-0.15, -0.1) is 10.2 Å². The second-order valence-electron chi connectivity index (χ2n) is 6.61. The summed E-state index contributed by atoms with van der Waals surface area (Å²) in [6, 6.07) is 7.58. The maximum atomic E-state index is 12.1. The quantitative estimate of drug-likeness (QED) is 0.580. The number of hydrogen-bond acceptors (Lipinski definition) is 8. The third-order valence-electron chi connectivity index (χ3n) is 3.48. The molecule has 7 nitrogen and oxygen atoms in total. The van der Waals surface area contributed by atoms with E-state index in [0.29, 0.717) is 23.7 Å². The van der Waals surface area contributed by atoms with Crippen molar-refractivity contribution in [2.45, 2.75) is 43.5 Å². The van der Waals surface area contributed by atoms with E-state index >= 15 is 0 Å². The number of benzene rings is 1. The molecule has 0 aliphatic rings. The summed E-state index contributed by atoms with van der Waals surface area (Å²) in [7, 11) is 1.62. The van der Waals surface area contributed by atoms with Crippen LogP contribution in [0.1, 0.15) is 33.6 Å². The molecule has 0 fully saturated rings. The molecule has 0 bridgehead atoms. The number of ketones is 1. The lowest BCUT2D eigenvalue weighted by molar-refractivity contribution is -0.123. The van der Waals surface area contributed by atoms with Crippen molar-refractivity contribution in [3.8, 4) is 5.75 Å². The highest BCUT2D eigenvalue weighted by Gasteiger charge is 2.22. The van der Waals surface area contributed by atoms with Crippen LogP contribution in [0.25, 0.3) is 0 Å². The second kappa shape index (κ2) is 9.70. The van der Waals surface area contributed by atoms with E-state index in [1.165, 1.54) is 30.0 Å². The van der Waals surface area contributed by atoms with Gasteiger partial charge in [0.2, 0.25) is 11.0 Å². The number of thioether (sulfide) groups is 1. The van der Waals surface area contributed by atoms with Gasteiger partial charge < -0.3 is 15.4 Å². The van der Waals surface area contributed by atoms with E-state index in [1.54, 1.807) is 7.11 Å². The average molecular weight is 409 g/mol. The van der Waals surface area contributed by atoms with Crippen molar-refractivity contribution >= 4 is 45.6 Å². The summed E-state index contributed by atoms with van der Waals surface area (Å²) in [6.45, 7) is 5.22. The molecule has 1 aromatic carbocycles. The number of amides is 1. The molecule has 0 saturated carbocycles. The van der Waals surface area contributed by atoms with Crippen LogP contribution in [0.5, 0.6) is 5.75 Å². The molecular formula is C18H24N4O3S2. The number of Topliss-reactive ketones (excluding diaryl/α,β-unsaturated/α-hetero) is 1. The van der Waals surface area contributed by atoms with Gasteiger partial charge in [-0.1, -0.05) is 35.2 Å². The third kappa shape index (κ3) is 7.18. The highest BCUT2D eigenvalue weighted by molar-refractivity contribution is 8.01. The zero-order chi connectivity index (χ0) is 19.9. The highest BCUT2D eigenvalue weighted by atomic mass is 32.2. The summed E-state index contributed by atoms with van der Waals surface area (Å²) >= 11 is 2.89. The van der Waals surface area contributed by atoms with E-state index in [-0.39, 0.29) is 11.7 Å². The Labute approximate surface area is 167 Å². The Morgan fingerprint density at radius 3 is 2.70 bits per heavy atom. The Hall–Kier alpha value is -2.13. The number of aromatic nitrogens is 2. The predicted octanol–water partition coefficient (Wildman–Crippen LogP) is 3.65. The lowest BCUT2D eigenvalue weighted by Gasteiger charge is -2.24. The molecule has 0 unspecified atom stereocenters. The number of para-hydroxylation sites is 2. The summed E-state index contributed by atoms with van der Waals surface area (Å²) in [6.07, 6.45) is 0.668. The van der Waals surface area contributed by atoms with Crippen LogP contribution < -0.4 is 15.4 Å². The van der Waals surface area contributed by atoms with Crippen LogP contribution in [0.3, 0.4) is 0 Å². The van der Waals surface area contributed by atoms with Crippen molar-refractivity contribution in [2.75, 3.05) is 18.2 Å². The number of ether oxygens (including phenoxy) is 1. The van der Waals surface area contributed by atoms with Crippen LogP contribution >= 0.6 is 23.1 Å². The largest absolute Gasteiger partial charge is 0.495 e. The van der Waals surface area contributed by atoms with Crippen molar-refractivity contribution in [3.63, 3.8) is 0 Å². The first kappa shape index (κ1) is 21.2. The monoisotopic (exact) mass is 408 g/mol. The molecule has 1 aromatic heterocycles. The number of hydrogen-bond donors (Lipinski definition) is 2. The van der Waals surface area contributed by atoms with E-state index < -0.39 is 5.54 Å². The fraction of sp³-hybridized carbons (Fsp3) is 0.444. The summed E-state index contributed by atoms with van der Waals surface area (Å²) in [5, 5.41) is 15.0. The standard InChI is InChI=1S/C18H24N4O3S2/c1-12(23)11-18(2,3)20-15(24)9-10-26-17-22-21-16(27-17)19-13-7-5-6-8-14(13)25-4/h5-8H,9-11H2,1-4H3,(H,19,21)(H,20,24). The first-order valence-electron chi connectivity index (χ1n) is 8.46. The van der Waals surface area contributed by atoms with Gasteiger partial charge >= 0.3 is 0 Å². The maximum absolute atomic E-state index is 12.1. The van der Waals surface area contributed by atoms with E-state index in [9.17, 15) is 9.59 Å². The molecule has 2 rings (SSSR count). The number of rotatable bonds is 10. The van der Waals surface area contributed by atoms with Gasteiger partial charge in [-0.2, -0.15) is 0 Å². The van der Waals surface area contributed by atoms with Gasteiger partial charge in [0.1, 0.15) is 11.5 Å². The Balaban J connectivity index is 1.81. The van der Waals surface area contributed by atoms with E-state index in [2.05, 4.69) is 20.8 Å². The van der Waals surface area contributed by atoms with Crippen LogP contribution in [0.2, 0.25) is 0 Å². The molecule has 9 heteroatoms. The highest BCUT2D eigenvalue weighted by Crippen LogP contribution is 2.31. The minimum absolute atomic E-state index is 0.0543. The number of nitrogens with one attached hydrogen (secondary N) is 2. The first-order valence-corrected chi connectivity index (χ1v) is 10.3. The molecule has 0 radical (unpaired) electrons. The average Bonchev–Trinajstić information content (AvgIpc) is 3.01. The van der Waals surface area contributed by atoms with Crippen molar-refractivity contribution < 1.29 is 14.3 Å². The molecule has 146 valence electrons. The number of methoxy groups -OCH3 is 1. The first-order chi connectivity index (χ1) is 12.8. The van der Waals surface area contributed by atoms with Crippen molar-refractivity contribution in [3.05, 3.63) is 24.3 Å². The topological polar surface area (TPSA) is 93.2 Å². The van der Waals surface area contributed by atoms with Gasteiger partial charge in [0.15, 0.2) is 4.34 Å². The minimum Gasteiger partial charge on any atom is -0.495 e. The number of anilines is 2. The normalized spacial score (nSPS) is 11.1. The molecule has 0 spiro atoms. The molecule has 0 aliphatic carbocycles. The van der Waals surface area contributed by atoms with Gasteiger partial charge in [0, 0.05) is 24.1 Å². The molecule has 2 N–H and O–H groups in total. The zero-order valence-corrected chi connectivity index (χ0v) is 17.5. The number of carbonyl (C=O) groups is 2. The molecule has 27 heavy (non-hydrogen) atoms. The Bertz CT molecular complexity index is 792.